The summed E-state index contributed by atoms with van der Waals surface area (Å²) in [7, 11) is 2.21. The molecule has 0 aromatic heterocycles. The van der Waals surface area contributed by atoms with Gasteiger partial charge < -0.3 is 15.5 Å². The van der Waals surface area contributed by atoms with Crippen LogP contribution in [-0.4, -0.2) is 50.2 Å². The zero-order valence-electron chi connectivity index (χ0n) is 12.3. The van der Waals surface area contributed by atoms with Crippen molar-refractivity contribution >= 4 is 0 Å². The van der Waals surface area contributed by atoms with Crippen LogP contribution in [-0.2, 0) is 0 Å². The zero-order valence-corrected chi connectivity index (χ0v) is 12.3. The molecule has 0 saturated carbocycles. The van der Waals surface area contributed by atoms with Crippen molar-refractivity contribution in [1.82, 2.24) is 15.5 Å². The predicted octanol–water partition coefficient (Wildman–Crippen LogP) is 1.69. The summed E-state index contributed by atoms with van der Waals surface area (Å²) in [6.45, 7) is 13.9. The van der Waals surface area contributed by atoms with E-state index in [1.807, 2.05) is 0 Å². The van der Waals surface area contributed by atoms with E-state index in [-0.39, 0.29) is 0 Å². The Morgan fingerprint density at radius 3 is 2.71 bits per heavy atom. The van der Waals surface area contributed by atoms with Crippen molar-refractivity contribution in [2.45, 2.75) is 52.6 Å². The SMILES string of the molecule is CC(C)N(C)CCCNC1CCNCC1(C)C. The molecule has 1 heterocycles. The molecule has 1 aliphatic heterocycles. The second-order valence-electron chi connectivity index (χ2n) is 6.39. The fourth-order valence-corrected chi connectivity index (χ4v) is 2.41. The molecule has 1 fully saturated rings. The van der Waals surface area contributed by atoms with Crippen LogP contribution in [0.2, 0.25) is 0 Å². The molecule has 1 unspecified atom stereocenters. The van der Waals surface area contributed by atoms with Gasteiger partial charge in [0.2, 0.25) is 0 Å². The summed E-state index contributed by atoms with van der Waals surface area (Å²) in [6, 6.07) is 1.33. The van der Waals surface area contributed by atoms with Crippen LogP contribution >= 0.6 is 0 Å². The molecule has 17 heavy (non-hydrogen) atoms. The van der Waals surface area contributed by atoms with E-state index < -0.39 is 0 Å². The third-order valence-corrected chi connectivity index (χ3v) is 4.09. The number of rotatable bonds is 6. The lowest BCUT2D eigenvalue weighted by molar-refractivity contribution is 0.181. The van der Waals surface area contributed by atoms with Gasteiger partial charge in [-0.05, 0) is 58.8 Å². The fraction of sp³-hybridized carbons (Fsp3) is 1.00. The number of hydrogen-bond donors (Lipinski definition) is 2. The van der Waals surface area contributed by atoms with Gasteiger partial charge in [0.1, 0.15) is 0 Å². The summed E-state index contributed by atoms with van der Waals surface area (Å²) >= 11 is 0. The summed E-state index contributed by atoms with van der Waals surface area (Å²) in [5.74, 6) is 0. The fourth-order valence-electron chi connectivity index (χ4n) is 2.41. The first kappa shape index (κ1) is 14.9. The summed E-state index contributed by atoms with van der Waals surface area (Å²) in [4.78, 5) is 2.41. The molecular formula is C14H31N3. The van der Waals surface area contributed by atoms with E-state index in [1.54, 1.807) is 0 Å². The van der Waals surface area contributed by atoms with Crippen LogP contribution in [0.1, 0.15) is 40.5 Å². The molecule has 2 N–H and O–H groups in total. The standard InChI is InChI=1S/C14H31N3/c1-12(2)17(5)10-6-8-16-13-7-9-15-11-14(13,3)4/h12-13,15-16H,6-11H2,1-5H3. The second kappa shape index (κ2) is 6.72. The Balaban J connectivity index is 2.17. The monoisotopic (exact) mass is 241 g/mol. The van der Waals surface area contributed by atoms with E-state index in [1.165, 1.54) is 19.4 Å². The lowest BCUT2D eigenvalue weighted by Crippen LogP contribution is -2.53. The van der Waals surface area contributed by atoms with Crippen molar-refractivity contribution in [2.75, 3.05) is 33.2 Å². The van der Waals surface area contributed by atoms with Gasteiger partial charge in [0.25, 0.3) is 0 Å². The molecule has 1 saturated heterocycles. The Labute approximate surface area is 107 Å². The van der Waals surface area contributed by atoms with Gasteiger partial charge in [-0.1, -0.05) is 13.8 Å². The van der Waals surface area contributed by atoms with Crippen LogP contribution in [0.3, 0.4) is 0 Å². The van der Waals surface area contributed by atoms with E-state index in [2.05, 4.69) is 50.3 Å². The smallest absolute Gasteiger partial charge is 0.0142 e. The van der Waals surface area contributed by atoms with Crippen molar-refractivity contribution in [2.24, 2.45) is 5.41 Å². The predicted molar refractivity (Wildman–Crippen MR) is 75.4 cm³/mol. The maximum atomic E-state index is 3.74. The molecule has 0 amide bonds. The van der Waals surface area contributed by atoms with E-state index in [9.17, 15) is 0 Å². The van der Waals surface area contributed by atoms with Crippen LogP contribution in [0.15, 0.2) is 0 Å². The molecule has 0 aromatic carbocycles. The van der Waals surface area contributed by atoms with E-state index in [4.69, 9.17) is 0 Å². The van der Waals surface area contributed by atoms with Crippen molar-refractivity contribution in [3.05, 3.63) is 0 Å². The highest BCUT2D eigenvalue weighted by molar-refractivity contribution is 4.90. The Bertz CT molecular complexity index is 214. The lowest BCUT2D eigenvalue weighted by Gasteiger charge is -2.39. The van der Waals surface area contributed by atoms with Crippen LogP contribution in [0, 0.1) is 5.41 Å². The maximum absolute atomic E-state index is 3.74. The molecule has 0 aliphatic carbocycles. The Morgan fingerprint density at radius 1 is 1.41 bits per heavy atom. The average Bonchev–Trinajstić information content (AvgIpc) is 2.25. The third kappa shape index (κ3) is 4.94. The molecule has 102 valence electrons. The van der Waals surface area contributed by atoms with Crippen molar-refractivity contribution in [3.63, 3.8) is 0 Å². The largest absolute Gasteiger partial charge is 0.316 e. The van der Waals surface area contributed by atoms with Gasteiger partial charge in [-0.15, -0.1) is 0 Å². The summed E-state index contributed by atoms with van der Waals surface area (Å²) in [6.07, 6.45) is 2.50. The third-order valence-electron chi connectivity index (χ3n) is 4.09. The first-order valence-electron chi connectivity index (χ1n) is 7.08. The Hall–Kier alpha value is -0.120. The van der Waals surface area contributed by atoms with Gasteiger partial charge in [0.05, 0.1) is 0 Å². The highest BCUT2D eigenvalue weighted by Gasteiger charge is 2.31. The van der Waals surface area contributed by atoms with Crippen molar-refractivity contribution < 1.29 is 0 Å². The molecule has 1 rings (SSSR count). The van der Waals surface area contributed by atoms with Crippen LogP contribution in [0.4, 0.5) is 0 Å². The average molecular weight is 241 g/mol. The van der Waals surface area contributed by atoms with E-state index in [0.717, 1.165) is 19.6 Å². The summed E-state index contributed by atoms with van der Waals surface area (Å²) in [5, 5.41) is 7.22. The van der Waals surface area contributed by atoms with Gasteiger partial charge in [0.15, 0.2) is 0 Å². The molecule has 3 nitrogen and oxygen atoms in total. The molecular weight excluding hydrogens is 210 g/mol. The van der Waals surface area contributed by atoms with Crippen LogP contribution in [0.5, 0.6) is 0 Å². The van der Waals surface area contributed by atoms with Gasteiger partial charge in [-0.3, -0.25) is 0 Å². The van der Waals surface area contributed by atoms with Crippen molar-refractivity contribution in [1.29, 1.82) is 0 Å². The normalized spacial score (nSPS) is 24.5. The van der Waals surface area contributed by atoms with Gasteiger partial charge in [-0.2, -0.15) is 0 Å². The number of nitrogens with zero attached hydrogens (tertiary/aromatic N) is 1. The Morgan fingerprint density at radius 2 is 2.12 bits per heavy atom. The zero-order chi connectivity index (χ0) is 12.9. The minimum atomic E-state index is 0.391. The van der Waals surface area contributed by atoms with Crippen LogP contribution in [0.25, 0.3) is 0 Å². The summed E-state index contributed by atoms with van der Waals surface area (Å²) < 4.78 is 0. The highest BCUT2D eigenvalue weighted by atomic mass is 15.1. The first-order chi connectivity index (χ1) is 7.93. The quantitative estimate of drug-likeness (QED) is 0.693. The highest BCUT2D eigenvalue weighted by Crippen LogP contribution is 2.24. The molecule has 0 aromatic rings. The molecule has 3 heteroatoms. The summed E-state index contributed by atoms with van der Waals surface area (Å²) in [5.41, 5.74) is 0.391. The molecule has 0 spiro atoms. The van der Waals surface area contributed by atoms with Gasteiger partial charge >= 0.3 is 0 Å². The minimum Gasteiger partial charge on any atom is -0.316 e. The number of piperidine rings is 1. The molecule has 1 aliphatic rings. The van der Waals surface area contributed by atoms with Gasteiger partial charge in [0, 0.05) is 18.6 Å². The molecule has 1 atom stereocenters. The first-order valence-corrected chi connectivity index (χ1v) is 7.08. The number of nitrogens with one attached hydrogen (secondary N) is 2. The topological polar surface area (TPSA) is 27.3 Å². The van der Waals surface area contributed by atoms with E-state index in [0.29, 0.717) is 17.5 Å². The molecule has 0 radical (unpaired) electrons. The van der Waals surface area contributed by atoms with Crippen molar-refractivity contribution in [3.8, 4) is 0 Å². The minimum absolute atomic E-state index is 0.391. The second-order valence-corrected chi connectivity index (χ2v) is 6.39. The Kier molecular flexibility index (Phi) is 5.90. The maximum Gasteiger partial charge on any atom is 0.0142 e. The van der Waals surface area contributed by atoms with E-state index >= 15 is 0 Å². The lowest BCUT2D eigenvalue weighted by atomic mass is 9.80. The van der Waals surface area contributed by atoms with Crippen LogP contribution < -0.4 is 10.6 Å². The van der Waals surface area contributed by atoms with Gasteiger partial charge in [-0.25, -0.2) is 0 Å². The molecule has 0 bridgehead atoms. The number of hydrogen-bond acceptors (Lipinski definition) is 3.